The number of ether oxygens (including phenoxy) is 1. The van der Waals surface area contributed by atoms with Gasteiger partial charge in [-0.3, -0.25) is 4.57 Å². The number of furan rings is 1. The molecule has 0 aliphatic heterocycles. The van der Waals surface area contributed by atoms with Crippen LogP contribution in [0, 0.1) is 6.92 Å². The summed E-state index contributed by atoms with van der Waals surface area (Å²) in [5.41, 5.74) is 1.70. The zero-order valence-electron chi connectivity index (χ0n) is 13.2. The second-order valence-electron chi connectivity index (χ2n) is 5.06. The van der Waals surface area contributed by atoms with Crippen molar-refractivity contribution in [2.45, 2.75) is 17.8 Å². The van der Waals surface area contributed by atoms with Crippen molar-refractivity contribution >= 4 is 29.3 Å². The molecule has 0 radical (unpaired) electrons. The highest BCUT2D eigenvalue weighted by Gasteiger charge is 2.16. The van der Waals surface area contributed by atoms with Gasteiger partial charge in [-0.25, -0.2) is 9.78 Å². The lowest BCUT2D eigenvalue weighted by atomic mass is 10.3. The molecule has 3 rings (SSSR count). The summed E-state index contributed by atoms with van der Waals surface area (Å²) in [6, 6.07) is 9.40. The van der Waals surface area contributed by atoms with Crippen LogP contribution in [0.1, 0.15) is 21.9 Å². The molecule has 0 aliphatic carbocycles. The van der Waals surface area contributed by atoms with E-state index < -0.39 is 5.97 Å². The lowest BCUT2D eigenvalue weighted by Gasteiger charge is -2.07. The van der Waals surface area contributed by atoms with E-state index in [1.807, 2.05) is 48.0 Å². The van der Waals surface area contributed by atoms with Crippen LogP contribution in [0.5, 0.6) is 0 Å². The maximum atomic E-state index is 11.6. The highest BCUT2D eigenvalue weighted by Crippen LogP contribution is 2.27. The van der Waals surface area contributed by atoms with E-state index in [-0.39, 0.29) is 5.76 Å². The lowest BCUT2D eigenvalue weighted by molar-refractivity contribution is 0.0562. The third kappa shape index (κ3) is 3.49. The van der Waals surface area contributed by atoms with E-state index in [1.165, 1.54) is 18.9 Å². The molecule has 0 aliphatic rings. The summed E-state index contributed by atoms with van der Waals surface area (Å²) in [6.45, 7) is 1.82. The predicted molar refractivity (Wildman–Crippen MR) is 92.9 cm³/mol. The fourth-order valence-electron chi connectivity index (χ4n) is 2.27. The molecule has 0 fully saturated rings. The summed E-state index contributed by atoms with van der Waals surface area (Å²) in [5, 5.41) is 1.48. The average Bonchev–Trinajstić information content (AvgIpc) is 3.18. The average molecular weight is 363 g/mol. The van der Waals surface area contributed by atoms with Gasteiger partial charge < -0.3 is 9.15 Å². The van der Waals surface area contributed by atoms with E-state index in [1.54, 1.807) is 6.20 Å². The van der Waals surface area contributed by atoms with Crippen LogP contribution in [0.25, 0.3) is 5.69 Å². The molecular weight excluding hydrogens is 348 g/mol. The van der Waals surface area contributed by atoms with E-state index in [0.29, 0.717) is 16.5 Å². The number of nitrogens with zero attached hydrogens (tertiary/aromatic N) is 2. The molecule has 0 unspecified atom stereocenters. The third-order valence-electron chi connectivity index (χ3n) is 3.38. The molecule has 0 N–H and O–H groups in total. The van der Waals surface area contributed by atoms with Gasteiger partial charge in [-0.2, -0.15) is 0 Å². The first-order chi connectivity index (χ1) is 11.6. The predicted octanol–water partition coefficient (Wildman–Crippen LogP) is 4.51. The number of methoxy groups -OCH3 is 1. The van der Waals surface area contributed by atoms with E-state index >= 15 is 0 Å². The zero-order chi connectivity index (χ0) is 17.1. The van der Waals surface area contributed by atoms with Crippen molar-refractivity contribution in [1.29, 1.82) is 0 Å². The van der Waals surface area contributed by atoms with Crippen LogP contribution in [0.3, 0.4) is 0 Å². The molecule has 0 atom stereocenters. The summed E-state index contributed by atoms with van der Waals surface area (Å²) in [7, 11) is 1.33. The second-order valence-corrected chi connectivity index (χ2v) is 6.44. The first-order valence-corrected chi connectivity index (χ1v) is 8.54. The highest BCUT2D eigenvalue weighted by atomic mass is 35.5. The number of rotatable bonds is 5. The topological polar surface area (TPSA) is 57.3 Å². The number of esters is 1. The monoisotopic (exact) mass is 362 g/mol. The van der Waals surface area contributed by atoms with E-state index in [0.717, 1.165) is 16.4 Å². The molecule has 1 aromatic carbocycles. The van der Waals surface area contributed by atoms with Crippen molar-refractivity contribution in [3.05, 3.63) is 64.8 Å². The Labute approximate surface area is 148 Å². The molecule has 0 saturated heterocycles. The highest BCUT2D eigenvalue weighted by molar-refractivity contribution is 7.98. The SMILES string of the molecule is COC(=O)c1oc(CSc2nccn2-c2cccc(Cl)c2)cc1C. The number of benzene rings is 1. The van der Waals surface area contributed by atoms with Gasteiger partial charge in [0.1, 0.15) is 5.76 Å². The smallest absolute Gasteiger partial charge is 0.374 e. The Hall–Kier alpha value is -2.18. The molecule has 2 heterocycles. The second kappa shape index (κ2) is 7.15. The lowest BCUT2D eigenvalue weighted by Crippen LogP contribution is -2.00. The number of carbonyl (C=O) groups is 1. The third-order valence-corrected chi connectivity index (χ3v) is 4.60. The minimum Gasteiger partial charge on any atom is -0.463 e. The Morgan fingerprint density at radius 2 is 2.25 bits per heavy atom. The van der Waals surface area contributed by atoms with Crippen molar-refractivity contribution in [2.24, 2.45) is 0 Å². The maximum Gasteiger partial charge on any atom is 0.374 e. The molecular formula is C17H15ClN2O3S. The van der Waals surface area contributed by atoms with E-state index in [9.17, 15) is 4.79 Å². The van der Waals surface area contributed by atoms with Crippen molar-refractivity contribution in [3.8, 4) is 5.69 Å². The van der Waals surface area contributed by atoms with Crippen LogP contribution >= 0.6 is 23.4 Å². The summed E-state index contributed by atoms with van der Waals surface area (Å²) >= 11 is 7.56. The molecule has 7 heteroatoms. The molecule has 24 heavy (non-hydrogen) atoms. The maximum absolute atomic E-state index is 11.6. The van der Waals surface area contributed by atoms with Gasteiger partial charge in [0, 0.05) is 28.7 Å². The molecule has 3 aromatic rings. The van der Waals surface area contributed by atoms with Crippen LogP contribution in [0.15, 0.2) is 52.3 Å². The van der Waals surface area contributed by atoms with Crippen LogP contribution < -0.4 is 0 Å². The number of carbonyl (C=O) groups excluding carboxylic acids is 1. The minimum absolute atomic E-state index is 0.242. The Bertz CT molecular complexity index is 872. The molecule has 0 spiro atoms. The Balaban J connectivity index is 1.77. The molecule has 0 bridgehead atoms. The van der Waals surface area contributed by atoms with Gasteiger partial charge in [0.2, 0.25) is 5.76 Å². The number of thioether (sulfide) groups is 1. The standard InChI is InChI=1S/C17H15ClN2O3S/c1-11-8-14(23-15(11)16(21)22-2)10-24-17-19-6-7-20(17)13-5-3-4-12(18)9-13/h3-9H,10H2,1-2H3. The Morgan fingerprint density at radius 3 is 3.00 bits per heavy atom. The number of imidazole rings is 1. The normalized spacial score (nSPS) is 10.8. The van der Waals surface area contributed by atoms with E-state index in [2.05, 4.69) is 4.98 Å². The number of halogens is 1. The Kier molecular flexibility index (Phi) is 4.97. The summed E-state index contributed by atoms with van der Waals surface area (Å²) in [5.74, 6) is 1.02. The summed E-state index contributed by atoms with van der Waals surface area (Å²) in [6.07, 6.45) is 3.61. The fraction of sp³-hybridized carbons (Fsp3) is 0.176. The Morgan fingerprint density at radius 1 is 1.42 bits per heavy atom. The fourth-order valence-corrected chi connectivity index (χ4v) is 3.31. The van der Waals surface area contributed by atoms with E-state index in [4.69, 9.17) is 20.8 Å². The van der Waals surface area contributed by atoms with Crippen molar-refractivity contribution in [3.63, 3.8) is 0 Å². The first-order valence-electron chi connectivity index (χ1n) is 7.18. The van der Waals surface area contributed by atoms with Gasteiger partial charge in [-0.05, 0) is 31.2 Å². The van der Waals surface area contributed by atoms with Crippen LogP contribution in [-0.2, 0) is 10.5 Å². The van der Waals surface area contributed by atoms with Crippen LogP contribution in [-0.4, -0.2) is 22.6 Å². The molecule has 0 amide bonds. The van der Waals surface area contributed by atoms with Gasteiger partial charge in [0.15, 0.2) is 5.16 Å². The number of aryl methyl sites for hydroxylation is 1. The van der Waals surface area contributed by atoms with Gasteiger partial charge in [-0.1, -0.05) is 29.4 Å². The largest absolute Gasteiger partial charge is 0.463 e. The van der Waals surface area contributed by atoms with Crippen molar-refractivity contribution in [2.75, 3.05) is 7.11 Å². The quantitative estimate of drug-likeness (QED) is 0.494. The van der Waals surface area contributed by atoms with Crippen LogP contribution in [0.2, 0.25) is 5.02 Å². The van der Waals surface area contributed by atoms with Gasteiger partial charge in [-0.15, -0.1) is 0 Å². The van der Waals surface area contributed by atoms with Gasteiger partial charge in [0.05, 0.1) is 12.9 Å². The van der Waals surface area contributed by atoms with Crippen molar-refractivity contribution in [1.82, 2.24) is 9.55 Å². The molecule has 0 saturated carbocycles. The van der Waals surface area contributed by atoms with Crippen LogP contribution in [0.4, 0.5) is 0 Å². The number of hydrogen-bond donors (Lipinski definition) is 0. The number of hydrogen-bond acceptors (Lipinski definition) is 5. The first kappa shape index (κ1) is 16.7. The molecule has 124 valence electrons. The number of aromatic nitrogens is 2. The summed E-state index contributed by atoms with van der Waals surface area (Å²) in [4.78, 5) is 16.0. The minimum atomic E-state index is -0.468. The zero-order valence-corrected chi connectivity index (χ0v) is 14.7. The molecule has 5 nitrogen and oxygen atoms in total. The van der Waals surface area contributed by atoms with Crippen molar-refractivity contribution < 1.29 is 13.9 Å². The summed E-state index contributed by atoms with van der Waals surface area (Å²) < 4.78 is 12.2. The molecule has 2 aromatic heterocycles. The van der Waals surface area contributed by atoms with Gasteiger partial charge in [0.25, 0.3) is 0 Å². The van der Waals surface area contributed by atoms with Gasteiger partial charge >= 0.3 is 5.97 Å².